The van der Waals surface area contributed by atoms with E-state index in [1.54, 1.807) is 4.90 Å². The SMILES string of the molecule is CCc1ccc(CN(C)C(=O)NC2CCCCC2)cc1. The molecule has 2 amide bonds. The van der Waals surface area contributed by atoms with Crippen LogP contribution in [-0.4, -0.2) is 24.0 Å². The Morgan fingerprint density at radius 2 is 1.75 bits per heavy atom. The number of urea groups is 1. The van der Waals surface area contributed by atoms with Crippen LogP contribution in [0.1, 0.15) is 50.2 Å². The van der Waals surface area contributed by atoms with Crippen LogP contribution in [-0.2, 0) is 13.0 Å². The minimum atomic E-state index is 0.0523. The lowest BCUT2D eigenvalue weighted by Gasteiger charge is -2.26. The molecule has 1 fully saturated rings. The highest BCUT2D eigenvalue weighted by atomic mass is 16.2. The molecule has 1 aliphatic rings. The van der Waals surface area contributed by atoms with E-state index >= 15 is 0 Å². The Morgan fingerprint density at radius 1 is 1.15 bits per heavy atom. The molecule has 0 saturated heterocycles. The Kier molecular flexibility index (Phi) is 5.45. The minimum absolute atomic E-state index is 0.0523. The number of hydrogen-bond acceptors (Lipinski definition) is 1. The molecule has 0 unspecified atom stereocenters. The van der Waals surface area contributed by atoms with Crippen molar-refractivity contribution in [2.75, 3.05) is 7.05 Å². The molecule has 1 saturated carbocycles. The van der Waals surface area contributed by atoms with Crippen molar-refractivity contribution in [2.45, 2.75) is 58.0 Å². The van der Waals surface area contributed by atoms with Crippen molar-refractivity contribution in [2.24, 2.45) is 0 Å². The number of aryl methyl sites for hydroxylation is 1. The molecule has 3 heteroatoms. The molecule has 0 spiro atoms. The summed E-state index contributed by atoms with van der Waals surface area (Å²) < 4.78 is 0. The average Bonchev–Trinajstić information content (AvgIpc) is 2.49. The first-order valence-electron chi connectivity index (χ1n) is 7.78. The van der Waals surface area contributed by atoms with Crippen LogP contribution < -0.4 is 5.32 Å². The molecule has 0 bridgehead atoms. The molecule has 3 nitrogen and oxygen atoms in total. The number of amides is 2. The molecule has 1 aromatic rings. The van der Waals surface area contributed by atoms with Crippen molar-refractivity contribution in [3.8, 4) is 0 Å². The summed E-state index contributed by atoms with van der Waals surface area (Å²) in [5.74, 6) is 0. The molecule has 0 aliphatic heterocycles. The number of rotatable bonds is 4. The van der Waals surface area contributed by atoms with Crippen molar-refractivity contribution in [3.63, 3.8) is 0 Å². The van der Waals surface area contributed by atoms with Gasteiger partial charge in [-0.1, -0.05) is 50.5 Å². The molecule has 1 N–H and O–H groups in total. The molecule has 1 aromatic carbocycles. The number of nitrogens with one attached hydrogen (secondary N) is 1. The van der Waals surface area contributed by atoms with Gasteiger partial charge in [0.05, 0.1) is 0 Å². The summed E-state index contributed by atoms with van der Waals surface area (Å²) in [5.41, 5.74) is 2.52. The van der Waals surface area contributed by atoms with Gasteiger partial charge in [0.25, 0.3) is 0 Å². The standard InChI is InChI=1S/C17H26N2O/c1-3-14-9-11-15(12-10-14)13-19(2)17(20)18-16-7-5-4-6-8-16/h9-12,16H,3-8,13H2,1-2H3,(H,18,20). The van der Waals surface area contributed by atoms with Crippen LogP contribution in [0.3, 0.4) is 0 Å². The van der Waals surface area contributed by atoms with E-state index in [9.17, 15) is 4.79 Å². The Morgan fingerprint density at radius 3 is 2.35 bits per heavy atom. The maximum atomic E-state index is 12.2. The lowest BCUT2D eigenvalue weighted by molar-refractivity contribution is 0.198. The highest BCUT2D eigenvalue weighted by Gasteiger charge is 2.17. The zero-order chi connectivity index (χ0) is 14.4. The van der Waals surface area contributed by atoms with E-state index in [0.29, 0.717) is 12.6 Å². The highest BCUT2D eigenvalue weighted by molar-refractivity contribution is 5.74. The number of nitrogens with zero attached hydrogens (tertiary/aromatic N) is 1. The third-order valence-electron chi connectivity index (χ3n) is 4.13. The summed E-state index contributed by atoms with van der Waals surface area (Å²) in [6.07, 6.45) is 7.11. The highest BCUT2D eigenvalue weighted by Crippen LogP contribution is 2.17. The van der Waals surface area contributed by atoms with Crippen LogP contribution in [0.4, 0.5) is 4.79 Å². The predicted octanol–water partition coefficient (Wildman–Crippen LogP) is 3.72. The second-order valence-electron chi connectivity index (χ2n) is 5.81. The monoisotopic (exact) mass is 274 g/mol. The van der Waals surface area contributed by atoms with E-state index in [1.165, 1.54) is 30.4 Å². The zero-order valence-electron chi connectivity index (χ0n) is 12.7. The van der Waals surface area contributed by atoms with E-state index < -0.39 is 0 Å². The van der Waals surface area contributed by atoms with Gasteiger partial charge in [0.1, 0.15) is 0 Å². The van der Waals surface area contributed by atoms with Crippen molar-refractivity contribution >= 4 is 6.03 Å². The Labute approximate surface area is 122 Å². The zero-order valence-corrected chi connectivity index (χ0v) is 12.7. The summed E-state index contributed by atoms with van der Waals surface area (Å²) in [5, 5.41) is 3.15. The van der Waals surface area contributed by atoms with E-state index in [4.69, 9.17) is 0 Å². The third kappa shape index (κ3) is 4.26. The minimum Gasteiger partial charge on any atom is -0.335 e. The fraction of sp³-hybridized carbons (Fsp3) is 0.588. The first-order chi connectivity index (χ1) is 9.69. The van der Waals surface area contributed by atoms with Crippen LogP contribution in [0.2, 0.25) is 0 Å². The molecule has 1 aliphatic carbocycles. The third-order valence-corrected chi connectivity index (χ3v) is 4.13. The molecular formula is C17H26N2O. The van der Waals surface area contributed by atoms with E-state index in [2.05, 4.69) is 36.5 Å². The molecular weight excluding hydrogens is 248 g/mol. The van der Waals surface area contributed by atoms with Crippen LogP contribution in [0, 0.1) is 0 Å². The summed E-state index contributed by atoms with van der Waals surface area (Å²) >= 11 is 0. The molecule has 0 aromatic heterocycles. The number of benzene rings is 1. The lowest BCUT2D eigenvalue weighted by atomic mass is 9.96. The Bertz CT molecular complexity index is 421. The first kappa shape index (κ1) is 14.9. The smallest absolute Gasteiger partial charge is 0.317 e. The van der Waals surface area contributed by atoms with Crippen LogP contribution in [0.5, 0.6) is 0 Å². The molecule has 0 atom stereocenters. The normalized spacial score (nSPS) is 15.9. The van der Waals surface area contributed by atoms with Gasteiger partial charge < -0.3 is 10.2 Å². The fourth-order valence-electron chi connectivity index (χ4n) is 2.76. The summed E-state index contributed by atoms with van der Waals surface area (Å²) in [6.45, 7) is 2.82. The van der Waals surface area contributed by atoms with Crippen LogP contribution >= 0.6 is 0 Å². The Balaban J connectivity index is 1.83. The average molecular weight is 274 g/mol. The van der Waals surface area contributed by atoms with Gasteiger partial charge >= 0.3 is 6.03 Å². The molecule has 20 heavy (non-hydrogen) atoms. The van der Waals surface area contributed by atoms with Crippen molar-refractivity contribution in [1.82, 2.24) is 10.2 Å². The van der Waals surface area contributed by atoms with Gasteiger partial charge in [-0.25, -0.2) is 4.79 Å². The maximum Gasteiger partial charge on any atom is 0.317 e. The van der Waals surface area contributed by atoms with Crippen molar-refractivity contribution < 1.29 is 4.79 Å². The fourth-order valence-corrected chi connectivity index (χ4v) is 2.76. The second-order valence-corrected chi connectivity index (χ2v) is 5.81. The van der Waals surface area contributed by atoms with E-state index in [0.717, 1.165) is 19.3 Å². The van der Waals surface area contributed by atoms with Gasteiger partial charge in [0.15, 0.2) is 0 Å². The summed E-state index contributed by atoms with van der Waals surface area (Å²) in [4.78, 5) is 13.9. The largest absolute Gasteiger partial charge is 0.335 e. The second kappa shape index (κ2) is 7.32. The first-order valence-corrected chi connectivity index (χ1v) is 7.78. The summed E-state index contributed by atoms with van der Waals surface area (Å²) in [6, 6.07) is 8.94. The van der Waals surface area contributed by atoms with Crippen molar-refractivity contribution in [3.05, 3.63) is 35.4 Å². The molecule has 2 rings (SSSR count). The predicted molar refractivity (Wildman–Crippen MR) is 82.7 cm³/mol. The molecule has 110 valence electrons. The number of carbonyl (C=O) groups is 1. The van der Waals surface area contributed by atoms with Crippen LogP contribution in [0.25, 0.3) is 0 Å². The molecule has 0 radical (unpaired) electrons. The van der Waals surface area contributed by atoms with Gasteiger partial charge in [-0.2, -0.15) is 0 Å². The van der Waals surface area contributed by atoms with Gasteiger partial charge in [0.2, 0.25) is 0 Å². The van der Waals surface area contributed by atoms with Gasteiger partial charge in [-0.05, 0) is 30.4 Å². The van der Waals surface area contributed by atoms with E-state index in [1.807, 2.05) is 7.05 Å². The maximum absolute atomic E-state index is 12.2. The quantitative estimate of drug-likeness (QED) is 0.891. The Hall–Kier alpha value is -1.51. The van der Waals surface area contributed by atoms with Crippen LogP contribution in [0.15, 0.2) is 24.3 Å². The molecule has 0 heterocycles. The number of carbonyl (C=O) groups excluding carboxylic acids is 1. The van der Waals surface area contributed by atoms with E-state index in [-0.39, 0.29) is 6.03 Å². The van der Waals surface area contributed by atoms with Gasteiger partial charge in [-0.3, -0.25) is 0 Å². The van der Waals surface area contributed by atoms with Gasteiger partial charge in [-0.15, -0.1) is 0 Å². The van der Waals surface area contributed by atoms with Crippen molar-refractivity contribution in [1.29, 1.82) is 0 Å². The summed E-state index contributed by atoms with van der Waals surface area (Å²) in [7, 11) is 1.87. The lowest BCUT2D eigenvalue weighted by Crippen LogP contribution is -2.43. The topological polar surface area (TPSA) is 32.3 Å². The number of hydrogen-bond donors (Lipinski definition) is 1. The van der Waals surface area contributed by atoms with Gasteiger partial charge in [0, 0.05) is 19.6 Å².